The highest BCUT2D eigenvalue weighted by Gasteiger charge is 2.38. The molecule has 6 heteroatoms. The predicted octanol–water partition coefficient (Wildman–Crippen LogP) is 4.04. The van der Waals surface area contributed by atoms with Gasteiger partial charge in [-0.3, -0.25) is 4.79 Å². The number of oxazole rings is 1. The standard InChI is InChI=1S/C20H16N4O2/c1-20(2)12-9-15-17(10-14(12)23-19(20)25)26-18(22-15)7-8-24-11-21-13-5-3-4-6-16(13)24/h3-11H,1-2H3,(H,23,25). The molecule has 1 aliphatic rings. The maximum absolute atomic E-state index is 12.1. The second-order valence-electron chi connectivity index (χ2n) is 6.95. The highest BCUT2D eigenvalue weighted by molar-refractivity contribution is 6.07. The Morgan fingerprint density at radius 1 is 1.19 bits per heavy atom. The van der Waals surface area contributed by atoms with E-state index in [1.165, 1.54) is 0 Å². The number of carbonyl (C=O) groups excluding carboxylic acids is 1. The van der Waals surface area contributed by atoms with Crippen molar-refractivity contribution >= 4 is 46.0 Å². The van der Waals surface area contributed by atoms with E-state index >= 15 is 0 Å². The highest BCUT2D eigenvalue weighted by atomic mass is 16.3. The maximum Gasteiger partial charge on any atom is 0.234 e. The Balaban J connectivity index is 1.54. The first-order valence-corrected chi connectivity index (χ1v) is 8.39. The second-order valence-corrected chi connectivity index (χ2v) is 6.95. The van der Waals surface area contributed by atoms with Gasteiger partial charge in [0.25, 0.3) is 0 Å². The van der Waals surface area contributed by atoms with E-state index in [0.717, 1.165) is 27.8 Å². The normalized spacial score (nSPS) is 15.8. The van der Waals surface area contributed by atoms with Gasteiger partial charge in [0.05, 0.1) is 22.8 Å². The minimum absolute atomic E-state index is 0.00717. The van der Waals surface area contributed by atoms with E-state index in [1.54, 1.807) is 6.33 Å². The van der Waals surface area contributed by atoms with Crippen molar-refractivity contribution in [1.29, 1.82) is 0 Å². The fourth-order valence-electron chi connectivity index (χ4n) is 3.33. The van der Waals surface area contributed by atoms with Crippen LogP contribution in [0.25, 0.3) is 34.4 Å². The summed E-state index contributed by atoms with van der Waals surface area (Å²) in [5, 5.41) is 2.91. The fraction of sp³-hybridized carbons (Fsp3) is 0.150. The Bertz CT molecular complexity index is 1210. The van der Waals surface area contributed by atoms with Crippen molar-refractivity contribution in [2.24, 2.45) is 0 Å². The van der Waals surface area contributed by atoms with Gasteiger partial charge < -0.3 is 14.3 Å². The molecule has 5 rings (SSSR count). The van der Waals surface area contributed by atoms with Gasteiger partial charge >= 0.3 is 0 Å². The quantitative estimate of drug-likeness (QED) is 0.596. The second kappa shape index (κ2) is 5.05. The van der Waals surface area contributed by atoms with Gasteiger partial charge in [-0.15, -0.1) is 0 Å². The third-order valence-electron chi connectivity index (χ3n) is 4.89. The van der Waals surface area contributed by atoms with Gasteiger partial charge in [-0.05, 0) is 37.6 Å². The summed E-state index contributed by atoms with van der Waals surface area (Å²) in [5.74, 6) is 0.498. The summed E-state index contributed by atoms with van der Waals surface area (Å²) in [6, 6.07) is 11.7. The third-order valence-corrected chi connectivity index (χ3v) is 4.89. The first-order valence-electron chi connectivity index (χ1n) is 8.39. The Morgan fingerprint density at radius 3 is 2.92 bits per heavy atom. The van der Waals surface area contributed by atoms with Gasteiger partial charge in [0.15, 0.2) is 5.58 Å². The molecule has 0 unspecified atom stereocenters. The smallest absolute Gasteiger partial charge is 0.234 e. The first-order chi connectivity index (χ1) is 12.5. The van der Waals surface area contributed by atoms with E-state index in [2.05, 4.69) is 15.3 Å². The van der Waals surface area contributed by atoms with E-state index < -0.39 is 5.41 Å². The van der Waals surface area contributed by atoms with Gasteiger partial charge in [0.1, 0.15) is 5.52 Å². The average Bonchev–Trinajstić information content (AvgIpc) is 3.27. The summed E-state index contributed by atoms with van der Waals surface area (Å²) in [7, 11) is 0. The molecule has 26 heavy (non-hydrogen) atoms. The molecule has 128 valence electrons. The zero-order chi connectivity index (χ0) is 17.9. The van der Waals surface area contributed by atoms with Crippen molar-refractivity contribution in [3.8, 4) is 0 Å². The number of amides is 1. The van der Waals surface area contributed by atoms with Crippen LogP contribution in [0.2, 0.25) is 0 Å². The molecule has 0 atom stereocenters. The maximum atomic E-state index is 12.1. The number of nitrogens with zero attached hydrogens (tertiary/aromatic N) is 3. The van der Waals surface area contributed by atoms with Crippen LogP contribution in [0.15, 0.2) is 47.1 Å². The lowest BCUT2D eigenvalue weighted by atomic mass is 9.86. The van der Waals surface area contributed by atoms with E-state index in [-0.39, 0.29) is 5.91 Å². The number of nitrogens with one attached hydrogen (secondary N) is 1. The number of hydrogen-bond acceptors (Lipinski definition) is 4. The molecule has 2 aromatic carbocycles. The summed E-state index contributed by atoms with van der Waals surface area (Å²) in [6.45, 7) is 3.82. The largest absolute Gasteiger partial charge is 0.437 e. The van der Waals surface area contributed by atoms with Gasteiger partial charge in [-0.1, -0.05) is 12.1 Å². The van der Waals surface area contributed by atoms with Crippen molar-refractivity contribution in [2.75, 3.05) is 5.32 Å². The lowest BCUT2D eigenvalue weighted by Gasteiger charge is -2.14. The molecule has 3 heterocycles. The Labute approximate surface area is 149 Å². The minimum atomic E-state index is -0.561. The number of anilines is 1. The summed E-state index contributed by atoms with van der Waals surface area (Å²) < 4.78 is 7.75. The summed E-state index contributed by atoms with van der Waals surface area (Å²) in [4.78, 5) is 21.0. The molecule has 0 fully saturated rings. The molecule has 1 aliphatic heterocycles. The molecule has 1 N–H and O–H groups in total. The molecule has 0 aliphatic carbocycles. The van der Waals surface area contributed by atoms with Gasteiger partial charge in [-0.25, -0.2) is 9.97 Å². The molecule has 0 saturated carbocycles. The molecular formula is C20H16N4O2. The van der Waals surface area contributed by atoms with Crippen LogP contribution in [0.1, 0.15) is 25.3 Å². The number of aromatic nitrogens is 3. The third kappa shape index (κ3) is 2.08. The number of imidazole rings is 1. The van der Waals surface area contributed by atoms with Crippen molar-refractivity contribution < 1.29 is 9.21 Å². The first kappa shape index (κ1) is 14.9. The molecule has 6 nitrogen and oxygen atoms in total. The molecule has 0 radical (unpaired) electrons. The Hall–Kier alpha value is -3.41. The SMILES string of the molecule is CC1(C)C(=O)Nc2cc3oc(C=Cn4cnc5ccccc54)nc3cc21. The number of rotatable bonds is 2. The zero-order valence-electron chi connectivity index (χ0n) is 14.4. The van der Waals surface area contributed by atoms with E-state index in [0.29, 0.717) is 11.5 Å². The summed E-state index contributed by atoms with van der Waals surface area (Å²) in [6.07, 6.45) is 5.44. The summed E-state index contributed by atoms with van der Waals surface area (Å²) >= 11 is 0. The molecule has 1 amide bonds. The molecular weight excluding hydrogens is 328 g/mol. The van der Waals surface area contributed by atoms with Gasteiger partial charge in [-0.2, -0.15) is 0 Å². The minimum Gasteiger partial charge on any atom is -0.437 e. The number of para-hydroxylation sites is 2. The number of hydrogen-bond donors (Lipinski definition) is 1. The van der Waals surface area contributed by atoms with Crippen molar-refractivity contribution in [2.45, 2.75) is 19.3 Å². The van der Waals surface area contributed by atoms with Crippen LogP contribution in [0.4, 0.5) is 5.69 Å². The molecule has 0 saturated heterocycles. The van der Waals surface area contributed by atoms with Crippen LogP contribution in [0, 0.1) is 0 Å². The van der Waals surface area contributed by atoms with Gasteiger partial charge in [0.2, 0.25) is 11.8 Å². The van der Waals surface area contributed by atoms with E-state index in [4.69, 9.17) is 4.42 Å². The molecule has 0 bridgehead atoms. The van der Waals surface area contributed by atoms with Crippen molar-refractivity contribution in [1.82, 2.24) is 14.5 Å². The monoisotopic (exact) mass is 344 g/mol. The van der Waals surface area contributed by atoms with Crippen LogP contribution < -0.4 is 5.32 Å². The highest BCUT2D eigenvalue weighted by Crippen LogP contribution is 2.39. The number of fused-ring (bicyclic) bond motifs is 3. The van der Waals surface area contributed by atoms with Crippen LogP contribution in [-0.2, 0) is 10.2 Å². The predicted molar refractivity (Wildman–Crippen MR) is 101 cm³/mol. The molecule has 4 aromatic rings. The van der Waals surface area contributed by atoms with Crippen molar-refractivity contribution in [3.05, 3.63) is 54.2 Å². The molecule has 2 aromatic heterocycles. The van der Waals surface area contributed by atoms with Gasteiger partial charge in [0, 0.05) is 24.0 Å². The topological polar surface area (TPSA) is 73.0 Å². The zero-order valence-corrected chi connectivity index (χ0v) is 14.4. The number of carbonyl (C=O) groups is 1. The fourth-order valence-corrected chi connectivity index (χ4v) is 3.33. The summed E-state index contributed by atoms with van der Waals surface area (Å²) in [5.41, 5.74) is 4.51. The van der Waals surface area contributed by atoms with Crippen LogP contribution in [0.3, 0.4) is 0 Å². The Kier molecular flexibility index (Phi) is 2.89. The van der Waals surface area contributed by atoms with E-state index in [9.17, 15) is 4.79 Å². The van der Waals surface area contributed by atoms with E-state index in [1.807, 2.05) is 67.1 Å². The average molecular weight is 344 g/mol. The van der Waals surface area contributed by atoms with Crippen molar-refractivity contribution in [3.63, 3.8) is 0 Å². The lowest BCUT2D eigenvalue weighted by Crippen LogP contribution is -2.26. The van der Waals surface area contributed by atoms with Crippen LogP contribution in [-0.4, -0.2) is 20.4 Å². The lowest BCUT2D eigenvalue weighted by molar-refractivity contribution is -0.119. The van der Waals surface area contributed by atoms with Crippen LogP contribution >= 0.6 is 0 Å². The van der Waals surface area contributed by atoms with Crippen LogP contribution in [0.5, 0.6) is 0 Å². The molecule has 0 spiro atoms. The Morgan fingerprint density at radius 2 is 2.04 bits per heavy atom. The number of benzene rings is 2.